The number of para-hydroxylation sites is 1. The Morgan fingerprint density at radius 1 is 1.31 bits per heavy atom. The third-order valence-electron chi connectivity index (χ3n) is 1.86. The van der Waals surface area contributed by atoms with Gasteiger partial charge in [-0.1, -0.05) is 40.8 Å². The van der Waals surface area contributed by atoms with Gasteiger partial charge in [-0.25, -0.2) is 4.79 Å². The first-order valence-corrected chi connectivity index (χ1v) is 5.41. The third kappa shape index (κ3) is 1.60. The normalized spacial score (nSPS) is 10.5. The lowest BCUT2D eigenvalue weighted by atomic mass is 10.2. The van der Waals surface area contributed by atoms with Gasteiger partial charge in [-0.2, -0.15) is 0 Å². The minimum absolute atomic E-state index is 0.229. The molecule has 2 aromatic rings. The van der Waals surface area contributed by atoms with Crippen LogP contribution in [-0.2, 0) is 4.43 Å². The first-order chi connectivity index (χ1) is 6.31. The summed E-state index contributed by atoms with van der Waals surface area (Å²) in [5, 5.41) is 0.980. The maximum absolute atomic E-state index is 11.3. The van der Waals surface area contributed by atoms with Crippen LogP contribution in [0.5, 0.6) is 0 Å². The van der Waals surface area contributed by atoms with Gasteiger partial charge in [0.2, 0.25) is 0 Å². The molecule has 0 saturated heterocycles. The zero-order valence-corrected chi connectivity index (χ0v) is 8.95. The van der Waals surface area contributed by atoms with Crippen LogP contribution < -0.4 is 5.63 Å². The minimum atomic E-state index is -0.229. The maximum atomic E-state index is 11.3. The van der Waals surface area contributed by atoms with E-state index in [1.165, 1.54) is 0 Å². The fraction of sp³-hybridized carbons (Fsp3) is 0.100. The molecule has 0 amide bonds. The van der Waals surface area contributed by atoms with E-state index in [9.17, 15) is 4.79 Å². The van der Waals surface area contributed by atoms with Crippen molar-refractivity contribution in [3.63, 3.8) is 0 Å². The van der Waals surface area contributed by atoms with Gasteiger partial charge in [-0.05, 0) is 12.1 Å². The lowest BCUT2D eigenvalue weighted by molar-refractivity contribution is 0.555. The van der Waals surface area contributed by atoms with Crippen LogP contribution in [0.25, 0.3) is 11.0 Å². The highest BCUT2D eigenvalue weighted by atomic mass is 127. The molecule has 13 heavy (non-hydrogen) atoms. The lowest BCUT2D eigenvalue weighted by Gasteiger charge is -1.97. The summed E-state index contributed by atoms with van der Waals surface area (Å²) in [6.07, 6.45) is 0. The Bertz CT molecular complexity index is 487. The van der Waals surface area contributed by atoms with Gasteiger partial charge in [0.1, 0.15) is 5.58 Å². The number of rotatable bonds is 1. The Morgan fingerprint density at radius 3 is 2.85 bits per heavy atom. The first-order valence-electron chi connectivity index (χ1n) is 3.89. The molecule has 0 saturated carbocycles. The molecule has 0 fully saturated rings. The second kappa shape index (κ2) is 3.49. The summed E-state index contributed by atoms with van der Waals surface area (Å²) in [5.74, 6) is 0. The average Bonchev–Trinajstić information content (AvgIpc) is 2.17. The fourth-order valence-electron chi connectivity index (χ4n) is 1.20. The average molecular weight is 286 g/mol. The monoisotopic (exact) mass is 286 g/mol. The number of benzene rings is 1. The molecule has 2 rings (SSSR count). The van der Waals surface area contributed by atoms with Gasteiger partial charge in [0, 0.05) is 15.4 Å². The van der Waals surface area contributed by atoms with Crippen molar-refractivity contribution in [2.75, 3.05) is 0 Å². The predicted molar refractivity (Wildman–Crippen MR) is 60.2 cm³/mol. The standard InChI is InChI=1S/C10H7IO2/c11-6-8-5-7-3-1-2-4-9(7)13-10(8)12/h1-5H,6H2. The summed E-state index contributed by atoms with van der Waals surface area (Å²) in [5.41, 5.74) is 1.15. The van der Waals surface area contributed by atoms with Gasteiger partial charge >= 0.3 is 5.63 Å². The van der Waals surface area contributed by atoms with Crippen LogP contribution in [0, 0.1) is 0 Å². The van der Waals surface area contributed by atoms with Gasteiger partial charge in [0.15, 0.2) is 0 Å². The van der Waals surface area contributed by atoms with Crippen LogP contribution >= 0.6 is 22.6 Å². The SMILES string of the molecule is O=c1oc2ccccc2cc1CI. The molecule has 2 nitrogen and oxygen atoms in total. The van der Waals surface area contributed by atoms with Crippen LogP contribution in [0.2, 0.25) is 0 Å². The molecule has 66 valence electrons. The van der Waals surface area contributed by atoms with E-state index in [4.69, 9.17) is 4.42 Å². The molecule has 3 heteroatoms. The lowest BCUT2D eigenvalue weighted by Crippen LogP contribution is -2.04. The van der Waals surface area contributed by atoms with Crippen molar-refractivity contribution in [2.45, 2.75) is 4.43 Å². The van der Waals surface area contributed by atoms with Crippen molar-refractivity contribution in [2.24, 2.45) is 0 Å². The summed E-state index contributed by atoms with van der Waals surface area (Å²) in [7, 11) is 0. The predicted octanol–water partition coefficient (Wildman–Crippen LogP) is 2.73. The highest BCUT2D eigenvalue weighted by Crippen LogP contribution is 2.13. The molecule has 0 spiro atoms. The summed E-state index contributed by atoms with van der Waals surface area (Å²) in [6, 6.07) is 9.41. The summed E-state index contributed by atoms with van der Waals surface area (Å²) >= 11 is 2.15. The topological polar surface area (TPSA) is 30.2 Å². The minimum Gasteiger partial charge on any atom is -0.423 e. The van der Waals surface area contributed by atoms with Crippen molar-refractivity contribution >= 4 is 33.6 Å². The van der Waals surface area contributed by atoms with Crippen LogP contribution in [0.3, 0.4) is 0 Å². The third-order valence-corrected chi connectivity index (χ3v) is 2.68. The van der Waals surface area contributed by atoms with Crippen molar-refractivity contribution in [1.82, 2.24) is 0 Å². The van der Waals surface area contributed by atoms with Gasteiger partial charge in [-0.15, -0.1) is 0 Å². The molecule has 1 aromatic heterocycles. The van der Waals surface area contributed by atoms with Crippen molar-refractivity contribution in [1.29, 1.82) is 0 Å². The second-order valence-electron chi connectivity index (χ2n) is 2.73. The van der Waals surface area contributed by atoms with E-state index in [0.29, 0.717) is 10.0 Å². The number of alkyl halides is 1. The fourth-order valence-corrected chi connectivity index (χ4v) is 1.73. The van der Waals surface area contributed by atoms with Crippen LogP contribution in [0.1, 0.15) is 5.56 Å². The van der Waals surface area contributed by atoms with Crippen molar-refractivity contribution < 1.29 is 4.42 Å². The second-order valence-corrected chi connectivity index (χ2v) is 3.49. The molecule has 0 atom stereocenters. The number of hydrogen-bond donors (Lipinski definition) is 0. The van der Waals surface area contributed by atoms with E-state index >= 15 is 0 Å². The highest BCUT2D eigenvalue weighted by Gasteiger charge is 2.01. The summed E-state index contributed by atoms with van der Waals surface area (Å²) < 4.78 is 5.81. The highest BCUT2D eigenvalue weighted by molar-refractivity contribution is 14.1. The Kier molecular flexibility index (Phi) is 2.35. The molecule has 0 radical (unpaired) electrons. The van der Waals surface area contributed by atoms with E-state index in [1.807, 2.05) is 24.3 Å². The molecule has 1 heterocycles. The van der Waals surface area contributed by atoms with Crippen LogP contribution in [0.4, 0.5) is 0 Å². The Labute approximate surface area is 88.7 Å². The van der Waals surface area contributed by atoms with E-state index < -0.39 is 0 Å². The molecule has 1 aromatic carbocycles. The van der Waals surface area contributed by atoms with Crippen LogP contribution in [0.15, 0.2) is 39.5 Å². The molecule has 0 aliphatic heterocycles. The van der Waals surface area contributed by atoms with E-state index in [1.54, 1.807) is 6.07 Å². The number of halogens is 1. The molecular weight excluding hydrogens is 279 g/mol. The molecule has 0 N–H and O–H groups in total. The van der Waals surface area contributed by atoms with Crippen molar-refractivity contribution in [3.8, 4) is 0 Å². The molecule has 0 bridgehead atoms. The molecule has 0 aliphatic carbocycles. The van der Waals surface area contributed by atoms with Gasteiger partial charge in [0.25, 0.3) is 0 Å². The molecular formula is C10H7IO2. The van der Waals surface area contributed by atoms with E-state index in [-0.39, 0.29) is 5.63 Å². The van der Waals surface area contributed by atoms with Crippen molar-refractivity contribution in [3.05, 3.63) is 46.3 Å². The van der Waals surface area contributed by atoms with Gasteiger partial charge < -0.3 is 4.42 Å². The molecule has 0 aliphatic rings. The Balaban J connectivity index is 2.81. The smallest absolute Gasteiger partial charge is 0.340 e. The van der Waals surface area contributed by atoms with Crippen LogP contribution in [-0.4, -0.2) is 0 Å². The maximum Gasteiger partial charge on any atom is 0.340 e. The first kappa shape index (κ1) is 8.74. The Hall–Kier alpha value is -0.840. The largest absolute Gasteiger partial charge is 0.423 e. The number of fused-ring (bicyclic) bond motifs is 1. The Morgan fingerprint density at radius 2 is 2.08 bits per heavy atom. The van der Waals surface area contributed by atoms with Gasteiger partial charge in [0.05, 0.1) is 0 Å². The number of hydrogen-bond acceptors (Lipinski definition) is 2. The zero-order chi connectivity index (χ0) is 9.26. The van der Waals surface area contributed by atoms with E-state index in [0.717, 1.165) is 10.9 Å². The summed E-state index contributed by atoms with van der Waals surface area (Å²) in [6.45, 7) is 0. The summed E-state index contributed by atoms with van der Waals surface area (Å²) in [4.78, 5) is 11.3. The van der Waals surface area contributed by atoms with Gasteiger partial charge in [-0.3, -0.25) is 0 Å². The zero-order valence-electron chi connectivity index (χ0n) is 6.79. The molecule has 0 unspecified atom stereocenters. The van der Waals surface area contributed by atoms with E-state index in [2.05, 4.69) is 22.6 Å². The quantitative estimate of drug-likeness (QED) is 0.458.